The fourth-order valence-corrected chi connectivity index (χ4v) is 6.35. The number of aromatic nitrogens is 4. The number of rotatable bonds is 11. The van der Waals surface area contributed by atoms with Crippen molar-refractivity contribution in [1.29, 1.82) is 5.26 Å². The molecule has 1 saturated heterocycles. The van der Waals surface area contributed by atoms with Crippen LogP contribution in [0, 0.1) is 11.3 Å². The third-order valence-corrected chi connectivity index (χ3v) is 8.90. The number of hydrogen-bond donors (Lipinski definition) is 2. The molecule has 2 N–H and O–H groups in total. The monoisotopic (exact) mass is 526 g/mol. The first kappa shape index (κ1) is 26.6. The molecule has 1 aliphatic heterocycles. The zero-order valence-corrected chi connectivity index (χ0v) is 21.1. The number of ether oxygens (including phenoxy) is 1. The van der Waals surface area contributed by atoms with Gasteiger partial charge in [0.05, 0.1) is 38.6 Å². The molecule has 4 atom stereocenters. The van der Waals surface area contributed by atoms with Gasteiger partial charge in [-0.15, -0.1) is 6.58 Å². The first-order valence-corrected chi connectivity index (χ1v) is 13.1. The summed E-state index contributed by atoms with van der Waals surface area (Å²) in [7, 11) is -3.89. The maximum absolute atomic E-state index is 13.9. The maximum atomic E-state index is 13.9. The molecule has 194 valence electrons. The van der Waals surface area contributed by atoms with Crippen molar-refractivity contribution in [2.24, 2.45) is 0 Å². The SMILES string of the molecule is C=CCOP(=O)(OCCC#N)[C@]1(C)CC(n2cnc3c(NC(=O)c4ccccc4)ncnc32)OC1CO. The van der Waals surface area contributed by atoms with E-state index < -0.39 is 31.7 Å². The normalized spacial score (nSPS) is 22.8. The van der Waals surface area contributed by atoms with Crippen LogP contribution in [0.25, 0.3) is 11.2 Å². The van der Waals surface area contributed by atoms with E-state index in [0.717, 1.165) is 0 Å². The van der Waals surface area contributed by atoms with Crippen LogP contribution in [0.4, 0.5) is 5.82 Å². The van der Waals surface area contributed by atoms with Gasteiger partial charge < -0.3 is 24.2 Å². The van der Waals surface area contributed by atoms with E-state index in [0.29, 0.717) is 16.7 Å². The predicted molar refractivity (Wildman–Crippen MR) is 134 cm³/mol. The van der Waals surface area contributed by atoms with Crippen molar-refractivity contribution in [3.05, 3.63) is 61.2 Å². The van der Waals surface area contributed by atoms with Gasteiger partial charge in [0.15, 0.2) is 17.0 Å². The molecule has 1 fully saturated rings. The van der Waals surface area contributed by atoms with E-state index in [1.54, 1.807) is 35.8 Å². The van der Waals surface area contributed by atoms with Gasteiger partial charge in [-0.05, 0) is 19.1 Å². The van der Waals surface area contributed by atoms with E-state index in [2.05, 4.69) is 26.8 Å². The lowest BCUT2D eigenvalue weighted by molar-refractivity contribution is -0.0276. The maximum Gasteiger partial charge on any atom is 0.339 e. The number of benzene rings is 1. The largest absolute Gasteiger partial charge is 0.394 e. The minimum atomic E-state index is -3.89. The number of carbonyl (C=O) groups excluding carboxylic acids is 1. The number of aliphatic hydroxyl groups is 1. The summed E-state index contributed by atoms with van der Waals surface area (Å²) in [5, 5.41) is 20.5. The molecule has 1 aromatic carbocycles. The summed E-state index contributed by atoms with van der Waals surface area (Å²) in [6.07, 6.45) is 2.71. The molecule has 0 aliphatic carbocycles. The number of nitriles is 1. The summed E-state index contributed by atoms with van der Waals surface area (Å²) in [5.41, 5.74) is 1.17. The van der Waals surface area contributed by atoms with Crippen molar-refractivity contribution in [3.63, 3.8) is 0 Å². The van der Waals surface area contributed by atoms with Crippen LogP contribution in [0.5, 0.6) is 0 Å². The van der Waals surface area contributed by atoms with E-state index in [1.807, 2.05) is 12.1 Å². The number of aliphatic hydroxyl groups excluding tert-OH is 1. The van der Waals surface area contributed by atoms with Crippen LogP contribution < -0.4 is 5.32 Å². The Kier molecular flexibility index (Phi) is 8.12. The average molecular weight is 526 g/mol. The predicted octanol–water partition coefficient (Wildman–Crippen LogP) is 3.44. The lowest BCUT2D eigenvalue weighted by atomic mass is 10.0. The van der Waals surface area contributed by atoms with Gasteiger partial charge in [-0.3, -0.25) is 13.9 Å². The molecule has 3 heterocycles. The van der Waals surface area contributed by atoms with Crippen molar-refractivity contribution in [2.45, 2.75) is 37.3 Å². The van der Waals surface area contributed by atoms with Gasteiger partial charge in [-0.1, -0.05) is 24.3 Å². The summed E-state index contributed by atoms with van der Waals surface area (Å²) in [4.78, 5) is 25.5. The quantitative estimate of drug-likeness (QED) is 0.215. The van der Waals surface area contributed by atoms with Crippen LogP contribution in [0.15, 0.2) is 55.6 Å². The average Bonchev–Trinajstić information content (AvgIpc) is 3.50. The number of nitrogens with one attached hydrogen (secondary N) is 1. The van der Waals surface area contributed by atoms with E-state index in [-0.39, 0.29) is 37.8 Å². The molecule has 3 aromatic rings. The molecule has 37 heavy (non-hydrogen) atoms. The van der Waals surface area contributed by atoms with Crippen LogP contribution in [0.3, 0.4) is 0 Å². The molecule has 0 radical (unpaired) electrons. The third-order valence-electron chi connectivity index (χ3n) is 6.17. The molecule has 0 spiro atoms. The van der Waals surface area contributed by atoms with Crippen molar-refractivity contribution in [3.8, 4) is 6.07 Å². The van der Waals surface area contributed by atoms with Crippen molar-refractivity contribution >= 4 is 30.5 Å². The van der Waals surface area contributed by atoms with Crippen LogP contribution >= 0.6 is 7.60 Å². The van der Waals surface area contributed by atoms with Gasteiger partial charge in [-0.2, -0.15) is 5.26 Å². The molecule has 13 heteroatoms. The molecule has 1 aliphatic rings. The lowest BCUT2D eigenvalue weighted by Crippen LogP contribution is -2.39. The second kappa shape index (κ2) is 11.3. The Morgan fingerprint density at radius 3 is 2.86 bits per heavy atom. The zero-order chi connectivity index (χ0) is 26.5. The van der Waals surface area contributed by atoms with Gasteiger partial charge in [-0.25, -0.2) is 15.0 Å². The van der Waals surface area contributed by atoms with Gasteiger partial charge >= 0.3 is 7.60 Å². The molecule has 2 aromatic heterocycles. The summed E-state index contributed by atoms with van der Waals surface area (Å²) in [5.74, 6) is -0.132. The van der Waals surface area contributed by atoms with Crippen LogP contribution in [0.1, 0.15) is 36.4 Å². The van der Waals surface area contributed by atoms with E-state index in [1.165, 1.54) is 18.7 Å². The molecule has 4 rings (SSSR count). The molecule has 3 unspecified atom stereocenters. The molecule has 0 bridgehead atoms. The summed E-state index contributed by atoms with van der Waals surface area (Å²) < 4.78 is 32.9. The Morgan fingerprint density at radius 2 is 2.16 bits per heavy atom. The number of amides is 1. The number of fused-ring (bicyclic) bond motifs is 1. The second-order valence-corrected chi connectivity index (χ2v) is 11.0. The highest BCUT2D eigenvalue weighted by Crippen LogP contribution is 2.67. The molecular formula is C24H27N6O6P. The molecular weight excluding hydrogens is 499 g/mol. The van der Waals surface area contributed by atoms with Gasteiger partial charge in [0, 0.05) is 12.0 Å². The lowest BCUT2D eigenvalue weighted by Gasteiger charge is -2.35. The molecule has 12 nitrogen and oxygen atoms in total. The Hall–Kier alpha value is -3.46. The number of imidazole rings is 1. The van der Waals surface area contributed by atoms with Gasteiger partial charge in [0.1, 0.15) is 23.8 Å². The topological polar surface area (TPSA) is 161 Å². The Bertz CT molecular complexity index is 1360. The van der Waals surface area contributed by atoms with Crippen molar-refractivity contribution in [2.75, 3.05) is 25.1 Å². The fourth-order valence-electron chi connectivity index (χ4n) is 4.18. The van der Waals surface area contributed by atoms with Crippen LogP contribution in [0.2, 0.25) is 0 Å². The second-order valence-electron chi connectivity index (χ2n) is 8.51. The minimum absolute atomic E-state index is 0.0200. The third kappa shape index (κ3) is 5.18. The molecule has 0 saturated carbocycles. The summed E-state index contributed by atoms with van der Waals surface area (Å²) in [6, 6.07) is 10.6. The number of hydrogen-bond acceptors (Lipinski definition) is 10. The van der Waals surface area contributed by atoms with Crippen molar-refractivity contribution in [1.82, 2.24) is 19.5 Å². The standard InChI is InChI=1S/C24H27N6O6P/c1-3-11-34-37(33,35-12-7-10-25)24(2)13-19(36-18(24)14-31)30-16-28-20-21(26-15-27-22(20)30)29-23(32)17-8-5-4-6-9-17/h3-6,8-9,15-16,18-19,31H,1,7,11-14H2,2H3,(H,26,27,29,32)/t18?,19?,24-,37?/m1/s1. The van der Waals surface area contributed by atoms with E-state index >= 15 is 0 Å². The zero-order valence-electron chi connectivity index (χ0n) is 20.2. The summed E-state index contributed by atoms with van der Waals surface area (Å²) in [6.45, 7) is 4.65. The first-order chi connectivity index (χ1) is 17.9. The number of nitrogens with zero attached hydrogens (tertiary/aromatic N) is 5. The highest BCUT2D eigenvalue weighted by molar-refractivity contribution is 7.55. The fraction of sp³-hybridized carbons (Fsp3) is 0.375. The molecule has 1 amide bonds. The first-order valence-electron chi connectivity index (χ1n) is 11.5. The van der Waals surface area contributed by atoms with Crippen molar-refractivity contribution < 1.29 is 28.3 Å². The van der Waals surface area contributed by atoms with Crippen LogP contribution in [-0.2, 0) is 18.3 Å². The Balaban J connectivity index is 1.63. The summed E-state index contributed by atoms with van der Waals surface area (Å²) >= 11 is 0. The minimum Gasteiger partial charge on any atom is -0.394 e. The Morgan fingerprint density at radius 1 is 1.38 bits per heavy atom. The van der Waals surface area contributed by atoms with Crippen LogP contribution in [-0.4, -0.2) is 61.6 Å². The van der Waals surface area contributed by atoms with Gasteiger partial charge in [0.2, 0.25) is 0 Å². The highest BCUT2D eigenvalue weighted by atomic mass is 31.2. The van der Waals surface area contributed by atoms with E-state index in [9.17, 15) is 14.5 Å². The smallest absolute Gasteiger partial charge is 0.339 e. The number of anilines is 1. The Labute approximate surface area is 213 Å². The van der Waals surface area contributed by atoms with Gasteiger partial charge in [0.25, 0.3) is 5.91 Å². The highest BCUT2D eigenvalue weighted by Gasteiger charge is 2.59. The van der Waals surface area contributed by atoms with E-state index in [4.69, 9.17) is 19.0 Å². The number of carbonyl (C=O) groups is 1.